The fraction of sp³-hybridized carbons (Fsp3) is 0.462. The second-order valence-corrected chi connectivity index (χ2v) is 5.21. The standard InChI is InChI=1S/C13H14BrF4NO/c1-7(6-14)8(2)19-12(20)9-4-3-5-10(11(9)15)13(16,17)18/h3-5,7-8H,6H2,1-2H3,(H,19,20). The van der Waals surface area contributed by atoms with Crippen molar-refractivity contribution in [1.29, 1.82) is 0 Å². The Kier molecular flexibility index (Phi) is 5.56. The van der Waals surface area contributed by atoms with Crippen molar-refractivity contribution in [2.75, 3.05) is 5.33 Å². The normalized spacial score (nSPS) is 14.8. The van der Waals surface area contributed by atoms with E-state index in [9.17, 15) is 22.4 Å². The van der Waals surface area contributed by atoms with Crippen LogP contribution in [0.4, 0.5) is 17.6 Å². The molecular formula is C13H14BrF4NO. The summed E-state index contributed by atoms with van der Waals surface area (Å²) in [5, 5.41) is 3.10. The highest BCUT2D eigenvalue weighted by Gasteiger charge is 2.35. The van der Waals surface area contributed by atoms with Crippen LogP contribution in [0.3, 0.4) is 0 Å². The van der Waals surface area contributed by atoms with E-state index in [-0.39, 0.29) is 12.0 Å². The van der Waals surface area contributed by atoms with Gasteiger partial charge in [-0.25, -0.2) is 4.39 Å². The maximum Gasteiger partial charge on any atom is 0.419 e. The van der Waals surface area contributed by atoms with Crippen LogP contribution in [0.1, 0.15) is 29.8 Å². The van der Waals surface area contributed by atoms with Crippen LogP contribution in [0.2, 0.25) is 0 Å². The Hall–Kier alpha value is -1.11. The molecule has 0 aliphatic carbocycles. The maximum atomic E-state index is 13.8. The molecule has 2 atom stereocenters. The van der Waals surface area contributed by atoms with Gasteiger partial charge in [0.05, 0.1) is 11.1 Å². The van der Waals surface area contributed by atoms with Crippen LogP contribution in [-0.2, 0) is 6.18 Å². The molecule has 0 bridgehead atoms. The van der Waals surface area contributed by atoms with Gasteiger partial charge in [-0.3, -0.25) is 4.79 Å². The van der Waals surface area contributed by atoms with Crippen molar-refractivity contribution in [3.63, 3.8) is 0 Å². The third-order valence-electron chi connectivity index (χ3n) is 3.00. The van der Waals surface area contributed by atoms with Crippen molar-refractivity contribution < 1.29 is 22.4 Å². The Morgan fingerprint density at radius 1 is 1.35 bits per heavy atom. The van der Waals surface area contributed by atoms with Gasteiger partial charge in [0.15, 0.2) is 0 Å². The van der Waals surface area contributed by atoms with Crippen LogP contribution < -0.4 is 5.32 Å². The van der Waals surface area contributed by atoms with Crippen molar-refractivity contribution in [3.8, 4) is 0 Å². The molecule has 2 nitrogen and oxygen atoms in total. The summed E-state index contributed by atoms with van der Waals surface area (Å²) in [5.41, 5.74) is -2.04. The van der Waals surface area contributed by atoms with E-state index in [0.29, 0.717) is 11.4 Å². The number of rotatable bonds is 4. The van der Waals surface area contributed by atoms with Crippen LogP contribution >= 0.6 is 15.9 Å². The molecule has 0 saturated heterocycles. The molecule has 1 aromatic rings. The second-order valence-electron chi connectivity index (χ2n) is 4.56. The SMILES string of the molecule is CC(CBr)C(C)NC(=O)c1cccc(C(F)(F)F)c1F. The number of hydrogen-bond acceptors (Lipinski definition) is 1. The average Bonchev–Trinajstić information content (AvgIpc) is 2.36. The number of benzene rings is 1. The first-order valence-corrected chi connectivity index (χ1v) is 7.03. The van der Waals surface area contributed by atoms with Crippen molar-refractivity contribution in [1.82, 2.24) is 5.32 Å². The molecule has 0 aliphatic heterocycles. The predicted molar refractivity (Wildman–Crippen MR) is 71.3 cm³/mol. The Labute approximate surface area is 122 Å². The molecule has 1 aromatic carbocycles. The summed E-state index contributed by atoms with van der Waals surface area (Å²) in [7, 11) is 0. The summed E-state index contributed by atoms with van der Waals surface area (Å²) >= 11 is 3.24. The number of halogens is 5. The lowest BCUT2D eigenvalue weighted by Gasteiger charge is -2.20. The van der Waals surface area contributed by atoms with Gasteiger partial charge in [0.25, 0.3) is 5.91 Å². The lowest BCUT2D eigenvalue weighted by atomic mass is 10.0. The smallest absolute Gasteiger partial charge is 0.349 e. The highest BCUT2D eigenvalue weighted by Crippen LogP contribution is 2.32. The van der Waals surface area contributed by atoms with Crippen molar-refractivity contribution in [2.45, 2.75) is 26.1 Å². The zero-order valence-electron chi connectivity index (χ0n) is 10.9. The van der Waals surface area contributed by atoms with E-state index >= 15 is 0 Å². The molecule has 0 aromatic heterocycles. The van der Waals surface area contributed by atoms with Gasteiger partial charge in [-0.05, 0) is 25.0 Å². The highest BCUT2D eigenvalue weighted by atomic mass is 79.9. The van der Waals surface area contributed by atoms with E-state index in [0.717, 1.165) is 12.1 Å². The molecular weight excluding hydrogens is 342 g/mol. The van der Waals surface area contributed by atoms with E-state index in [1.807, 2.05) is 6.92 Å². The topological polar surface area (TPSA) is 29.1 Å². The molecule has 0 heterocycles. The molecule has 2 unspecified atom stereocenters. The summed E-state index contributed by atoms with van der Waals surface area (Å²) in [6.07, 6.45) is -4.82. The van der Waals surface area contributed by atoms with Gasteiger partial charge in [-0.15, -0.1) is 0 Å². The van der Waals surface area contributed by atoms with Crippen LogP contribution in [0.15, 0.2) is 18.2 Å². The number of alkyl halides is 4. The fourth-order valence-electron chi connectivity index (χ4n) is 1.49. The van der Waals surface area contributed by atoms with Crippen LogP contribution in [0, 0.1) is 11.7 Å². The second kappa shape index (κ2) is 6.56. The molecule has 0 saturated carbocycles. The van der Waals surface area contributed by atoms with Crippen molar-refractivity contribution >= 4 is 21.8 Å². The average molecular weight is 356 g/mol. The maximum absolute atomic E-state index is 13.8. The molecule has 20 heavy (non-hydrogen) atoms. The minimum atomic E-state index is -4.82. The van der Waals surface area contributed by atoms with E-state index < -0.39 is 29.0 Å². The summed E-state index contributed by atoms with van der Waals surface area (Å²) in [6, 6.07) is 2.36. The zero-order chi connectivity index (χ0) is 15.5. The quantitative estimate of drug-likeness (QED) is 0.642. The minimum absolute atomic E-state index is 0.0628. The van der Waals surface area contributed by atoms with Gasteiger partial charge in [-0.2, -0.15) is 13.2 Å². The minimum Gasteiger partial charge on any atom is -0.349 e. The highest BCUT2D eigenvalue weighted by molar-refractivity contribution is 9.09. The Morgan fingerprint density at radius 3 is 2.45 bits per heavy atom. The predicted octanol–water partition coefficient (Wildman–Crippen LogP) is 3.99. The number of nitrogens with one attached hydrogen (secondary N) is 1. The Balaban J connectivity index is 3.01. The first-order valence-electron chi connectivity index (χ1n) is 5.91. The molecule has 1 N–H and O–H groups in total. The molecule has 0 spiro atoms. The van der Waals surface area contributed by atoms with E-state index in [2.05, 4.69) is 21.2 Å². The number of hydrogen-bond donors (Lipinski definition) is 1. The van der Waals surface area contributed by atoms with E-state index in [4.69, 9.17) is 0 Å². The van der Waals surface area contributed by atoms with E-state index in [1.54, 1.807) is 6.92 Å². The zero-order valence-corrected chi connectivity index (χ0v) is 12.5. The van der Waals surface area contributed by atoms with Crippen molar-refractivity contribution in [3.05, 3.63) is 35.1 Å². The Bertz CT molecular complexity index is 490. The molecule has 0 aliphatic rings. The fourth-order valence-corrected chi connectivity index (χ4v) is 2.05. The first-order chi connectivity index (χ1) is 9.18. The number of carbonyl (C=O) groups excluding carboxylic acids is 1. The van der Waals surface area contributed by atoms with Gasteiger partial charge < -0.3 is 5.32 Å². The van der Waals surface area contributed by atoms with Gasteiger partial charge >= 0.3 is 6.18 Å². The molecule has 1 rings (SSSR count). The Morgan fingerprint density at radius 2 is 1.95 bits per heavy atom. The number of carbonyl (C=O) groups is 1. The molecule has 1 amide bonds. The van der Waals surface area contributed by atoms with Crippen molar-refractivity contribution in [2.24, 2.45) is 5.92 Å². The van der Waals surface area contributed by atoms with Gasteiger partial charge in [-0.1, -0.05) is 28.9 Å². The third kappa shape index (κ3) is 3.94. The van der Waals surface area contributed by atoms with Gasteiger partial charge in [0.2, 0.25) is 0 Å². The summed E-state index contributed by atoms with van der Waals surface area (Å²) < 4.78 is 51.4. The summed E-state index contributed by atoms with van der Waals surface area (Å²) in [4.78, 5) is 11.8. The molecule has 7 heteroatoms. The van der Waals surface area contributed by atoms with E-state index in [1.165, 1.54) is 0 Å². The lowest BCUT2D eigenvalue weighted by molar-refractivity contribution is -0.140. The van der Waals surface area contributed by atoms with Crippen LogP contribution in [0.25, 0.3) is 0 Å². The third-order valence-corrected chi connectivity index (χ3v) is 4.03. The van der Waals surface area contributed by atoms with Gasteiger partial charge in [0, 0.05) is 11.4 Å². The monoisotopic (exact) mass is 355 g/mol. The lowest BCUT2D eigenvalue weighted by Crippen LogP contribution is -2.38. The first kappa shape index (κ1) is 16.9. The molecule has 0 fully saturated rings. The number of amides is 1. The largest absolute Gasteiger partial charge is 0.419 e. The van der Waals surface area contributed by atoms with Crippen LogP contribution in [0.5, 0.6) is 0 Å². The molecule has 112 valence electrons. The summed E-state index contributed by atoms with van der Waals surface area (Å²) in [5.74, 6) is -2.34. The van der Waals surface area contributed by atoms with Gasteiger partial charge in [0.1, 0.15) is 5.82 Å². The summed E-state index contributed by atoms with van der Waals surface area (Å²) in [6.45, 7) is 3.55. The van der Waals surface area contributed by atoms with Crippen LogP contribution in [-0.4, -0.2) is 17.3 Å². The molecule has 0 radical (unpaired) electrons.